The maximum Gasteiger partial charge on any atom is 0.339 e. The molecule has 0 saturated heterocycles. The summed E-state index contributed by atoms with van der Waals surface area (Å²) in [5.74, 6) is -0.234. The van der Waals surface area contributed by atoms with Gasteiger partial charge < -0.3 is 9.30 Å². The second-order valence-electron chi connectivity index (χ2n) is 3.36. The van der Waals surface area contributed by atoms with Gasteiger partial charge in [-0.25, -0.2) is 4.79 Å². The topological polar surface area (TPSA) is 31.2 Å². The number of hydrogen-bond acceptors (Lipinski definition) is 2. The molecule has 1 aromatic heterocycles. The molecule has 13 heavy (non-hydrogen) atoms. The van der Waals surface area contributed by atoms with Crippen molar-refractivity contribution in [3.63, 3.8) is 0 Å². The Morgan fingerprint density at radius 3 is 3.08 bits per heavy atom. The van der Waals surface area contributed by atoms with Gasteiger partial charge in [-0.15, -0.1) is 0 Å². The summed E-state index contributed by atoms with van der Waals surface area (Å²) < 4.78 is 6.81. The summed E-state index contributed by atoms with van der Waals surface area (Å²) in [6, 6.07) is 1.94. The molecule has 0 aliphatic carbocycles. The molecule has 3 nitrogen and oxygen atoms in total. The number of ether oxygens (including phenoxy) is 1. The Hall–Kier alpha value is -1.25. The van der Waals surface area contributed by atoms with Crippen LogP contribution in [0.4, 0.5) is 0 Å². The first-order chi connectivity index (χ1) is 6.31. The van der Waals surface area contributed by atoms with E-state index in [0.29, 0.717) is 5.56 Å². The van der Waals surface area contributed by atoms with Crippen LogP contribution in [0.1, 0.15) is 28.9 Å². The first-order valence-corrected chi connectivity index (χ1v) is 4.58. The molecule has 0 aromatic carbocycles. The molecule has 2 rings (SSSR count). The maximum atomic E-state index is 11.2. The summed E-state index contributed by atoms with van der Waals surface area (Å²) in [6.07, 6.45) is 5.41. The van der Waals surface area contributed by atoms with Crippen LogP contribution in [0.25, 0.3) is 0 Å². The molecule has 0 saturated carbocycles. The molecule has 1 aliphatic rings. The van der Waals surface area contributed by atoms with Crippen LogP contribution in [-0.2, 0) is 17.7 Å². The lowest BCUT2D eigenvalue weighted by atomic mass is 10.1. The minimum atomic E-state index is -0.234. The van der Waals surface area contributed by atoms with Gasteiger partial charge in [-0.2, -0.15) is 0 Å². The van der Waals surface area contributed by atoms with Crippen molar-refractivity contribution in [2.75, 3.05) is 7.11 Å². The highest BCUT2D eigenvalue weighted by Crippen LogP contribution is 2.18. The van der Waals surface area contributed by atoms with Crippen LogP contribution in [0, 0.1) is 0 Å². The predicted octanol–water partition coefficient (Wildman–Crippen LogP) is 1.61. The molecule has 3 heteroatoms. The largest absolute Gasteiger partial charge is 0.465 e. The number of esters is 1. The number of rotatable bonds is 1. The first kappa shape index (κ1) is 8.35. The molecule has 0 spiro atoms. The predicted molar refractivity (Wildman–Crippen MR) is 48.7 cm³/mol. The zero-order valence-corrected chi connectivity index (χ0v) is 7.75. The van der Waals surface area contributed by atoms with Crippen LogP contribution in [0.5, 0.6) is 0 Å². The highest BCUT2D eigenvalue weighted by molar-refractivity contribution is 5.89. The molecule has 0 bridgehead atoms. The lowest BCUT2D eigenvalue weighted by molar-refractivity contribution is 0.0600. The van der Waals surface area contributed by atoms with Gasteiger partial charge in [0.15, 0.2) is 0 Å². The van der Waals surface area contributed by atoms with Gasteiger partial charge in [-0.3, -0.25) is 0 Å². The smallest absolute Gasteiger partial charge is 0.339 e. The fraction of sp³-hybridized carbons (Fsp3) is 0.500. The summed E-state index contributed by atoms with van der Waals surface area (Å²) in [6.45, 7) is 1.03. The third kappa shape index (κ3) is 1.46. The maximum absolute atomic E-state index is 11.2. The first-order valence-electron chi connectivity index (χ1n) is 4.58. The highest BCUT2D eigenvalue weighted by atomic mass is 16.5. The van der Waals surface area contributed by atoms with E-state index in [4.69, 9.17) is 0 Å². The monoisotopic (exact) mass is 179 g/mol. The number of nitrogens with zero attached hydrogens (tertiary/aromatic N) is 1. The average Bonchev–Trinajstić information content (AvgIpc) is 2.59. The Kier molecular flexibility index (Phi) is 2.08. The van der Waals surface area contributed by atoms with Gasteiger partial charge in [0.05, 0.1) is 12.7 Å². The Balaban J connectivity index is 2.30. The van der Waals surface area contributed by atoms with Gasteiger partial charge in [-0.05, 0) is 25.3 Å². The van der Waals surface area contributed by atoms with E-state index in [1.165, 1.54) is 25.6 Å². The van der Waals surface area contributed by atoms with Crippen molar-refractivity contribution in [2.45, 2.75) is 25.8 Å². The summed E-state index contributed by atoms with van der Waals surface area (Å²) >= 11 is 0. The molecule has 0 N–H and O–H groups in total. The third-order valence-electron chi connectivity index (χ3n) is 2.49. The molecule has 1 aromatic rings. The van der Waals surface area contributed by atoms with Gasteiger partial charge >= 0.3 is 5.97 Å². The molecule has 0 unspecified atom stereocenters. The van der Waals surface area contributed by atoms with Crippen molar-refractivity contribution >= 4 is 5.97 Å². The molecule has 0 amide bonds. The number of aryl methyl sites for hydroxylation is 2. The molecule has 0 fully saturated rings. The Morgan fingerprint density at radius 1 is 1.54 bits per heavy atom. The van der Waals surface area contributed by atoms with Gasteiger partial charge in [0.1, 0.15) is 0 Å². The van der Waals surface area contributed by atoms with Gasteiger partial charge in [0.2, 0.25) is 0 Å². The van der Waals surface area contributed by atoms with E-state index in [9.17, 15) is 4.79 Å². The van der Waals surface area contributed by atoms with Crippen molar-refractivity contribution in [1.82, 2.24) is 4.57 Å². The summed E-state index contributed by atoms with van der Waals surface area (Å²) in [7, 11) is 1.42. The van der Waals surface area contributed by atoms with Crippen LogP contribution in [0.15, 0.2) is 12.3 Å². The second-order valence-corrected chi connectivity index (χ2v) is 3.36. The van der Waals surface area contributed by atoms with Crippen molar-refractivity contribution in [3.05, 3.63) is 23.5 Å². The Labute approximate surface area is 77.3 Å². The van der Waals surface area contributed by atoms with E-state index in [-0.39, 0.29) is 5.97 Å². The number of methoxy groups -OCH3 is 1. The minimum absolute atomic E-state index is 0.234. The number of fused-ring (bicyclic) bond motifs is 1. The fourth-order valence-electron chi connectivity index (χ4n) is 1.79. The zero-order chi connectivity index (χ0) is 9.26. The third-order valence-corrected chi connectivity index (χ3v) is 2.49. The second kappa shape index (κ2) is 3.24. The highest BCUT2D eigenvalue weighted by Gasteiger charge is 2.14. The van der Waals surface area contributed by atoms with Crippen LogP contribution < -0.4 is 0 Å². The quantitative estimate of drug-likeness (QED) is 0.613. The van der Waals surface area contributed by atoms with E-state index < -0.39 is 0 Å². The zero-order valence-electron chi connectivity index (χ0n) is 7.75. The normalized spacial score (nSPS) is 15.2. The fourth-order valence-corrected chi connectivity index (χ4v) is 1.79. The van der Waals surface area contributed by atoms with Crippen molar-refractivity contribution in [3.8, 4) is 0 Å². The van der Waals surface area contributed by atoms with E-state index in [1.54, 1.807) is 0 Å². The molecular weight excluding hydrogens is 166 g/mol. The van der Waals surface area contributed by atoms with Crippen LogP contribution in [0.2, 0.25) is 0 Å². The number of hydrogen-bond donors (Lipinski definition) is 0. The van der Waals surface area contributed by atoms with Crippen LogP contribution >= 0.6 is 0 Å². The number of carbonyl (C=O) groups is 1. The standard InChI is InChI=1S/C10H13NO2/c1-13-10(12)8-6-9-4-2-3-5-11(9)7-8/h6-7H,2-5H2,1H3. The van der Waals surface area contributed by atoms with E-state index >= 15 is 0 Å². The van der Waals surface area contributed by atoms with Crippen LogP contribution in [-0.4, -0.2) is 17.6 Å². The lowest BCUT2D eigenvalue weighted by Gasteiger charge is -2.13. The van der Waals surface area contributed by atoms with Crippen molar-refractivity contribution in [1.29, 1.82) is 0 Å². The number of aromatic nitrogens is 1. The molecule has 0 radical (unpaired) electrons. The molecular formula is C10H13NO2. The van der Waals surface area contributed by atoms with Gasteiger partial charge in [0, 0.05) is 18.4 Å². The summed E-state index contributed by atoms with van der Waals surface area (Å²) in [4.78, 5) is 11.2. The van der Waals surface area contributed by atoms with Crippen molar-refractivity contribution < 1.29 is 9.53 Å². The van der Waals surface area contributed by atoms with E-state index in [0.717, 1.165) is 13.0 Å². The molecule has 0 atom stereocenters. The summed E-state index contributed by atoms with van der Waals surface area (Å²) in [5.41, 5.74) is 1.94. The van der Waals surface area contributed by atoms with Crippen molar-refractivity contribution in [2.24, 2.45) is 0 Å². The Bertz CT molecular complexity index is 304. The molecule has 70 valence electrons. The number of carbonyl (C=O) groups excluding carboxylic acids is 1. The SMILES string of the molecule is COC(=O)c1cc2n(c1)CCCC2. The van der Waals surface area contributed by atoms with Crippen LogP contribution in [0.3, 0.4) is 0 Å². The Morgan fingerprint density at radius 2 is 2.38 bits per heavy atom. The van der Waals surface area contributed by atoms with Gasteiger partial charge in [-0.1, -0.05) is 0 Å². The molecule has 1 aliphatic heterocycles. The average molecular weight is 179 g/mol. The molecule has 2 heterocycles. The lowest BCUT2D eigenvalue weighted by Crippen LogP contribution is -2.07. The van der Waals surface area contributed by atoms with Gasteiger partial charge in [0.25, 0.3) is 0 Å². The minimum Gasteiger partial charge on any atom is -0.465 e. The van der Waals surface area contributed by atoms with E-state index in [1.807, 2.05) is 12.3 Å². The van der Waals surface area contributed by atoms with E-state index in [2.05, 4.69) is 9.30 Å². The summed E-state index contributed by atoms with van der Waals surface area (Å²) in [5, 5.41) is 0.